The van der Waals surface area contributed by atoms with Crippen molar-refractivity contribution in [2.75, 3.05) is 7.11 Å². The minimum atomic E-state index is -1.32. The second-order valence-electron chi connectivity index (χ2n) is 13.6. The molecule has 5 aromatic carbocycles. The number of aromatic nitrogens is 6. The minimum Gasteiger partial charge on any atom is -0.464 e. The molecule has 0 amide bonds. The Morgan fingerprint density at radius 1 is 0.736 bits per heavy atom. The molecule has 0 aliphatic heterocycles. The van der Waals surface area contributed by atoms with Gasteiger partial charge in [-0.1, -0.05) is 146 Å². The fourth-order valence-electron chi connectivity index (χ4n) is 7.33. The molecule has 0 atom stereocenters. The van der Waals surface area contributed by atoms with Gasteiger partial charge in [0.25, 0.3) is 0 Å². The molecular formula is C44H42N6O3. The number of tetrazole rings is 1. The van der Waals surface area contributed by atoms with Gasteiger partial charge in [0.15, 0.2) is 11.5 Å². The van der Waals surface area contributed by atoms with E-state index in [4.69, 9.17) is 15.0 Å². The van der Waals surface area contributed by atoms with Crippen LogP contribution in [0.2, 0.25) is 0 Å². The number of methoxy groups -OCH3 is 1. The van der Waals surface area contributed by atoms with Crippen molar-refractivity contribution in [3.63, 3.8) is 0 Å². The molecule has 266 valence electrons. The molecule has 0 saturated carbocycles. The molecule has 0 unspecified atom stereocenters. The smallest absolute Gasteiger partial charge is 0.358 e. The summed E-state index contributed by atoms with van der Waals surface area (Å²) in [4.78, 5) is 17.4. The number of carbonyl (C=O) groups excluding carboxylic acids is 1. The Bertz CT molecular complexity index is 2210. The van der Waals surface area contributed by atoms with E-state index in [0.717, 1.165) is 51.2 Å². The van der Waals surface area contributed by atoms with E-state index in [9.17, 15) is 9.90 Å². The van der Waals surface area contributed by atoms with Gasteiger partial charge in [-0.15, -0.1) is 5.10 Å². The topological polar surface area (TPSA) is 108 Å². The van der Waals surface area contributed by atoms with Crippen LogP contribution in [0.4, 0.5) is 0 Å². The summed E-state index contributed by atoms with van der Waals surface area (Å²) in [5.41, 5.74) is 5.27. The number of hydrogen-bond acceptors (Lipinski definition) is 7. The molecular weight excluding hydrogens is 661 g/mol. The summed E-state index contributed by atoms with van der Waals surface area (Å²) in [5, 5.41) is 24.9. The SMILES string of the molecule is CCCc1nc(C(=O)OC)c(C(C)(C)O)n1Cc1ccc(-c2ccccc2-c2nnnn2C(c2ccccc2)(c2ccccc2)c2ccccc2)cc1. The van der Waals surface area contributed by atoms with E-state index in [0.29, 0.717) is 24.5 Å². The van der Waals surface area contributed by atoms with Crippen LogP contribution in [0.5, 0.6) is 0 Å². The van der Waals surface area contributed by atoms with Crippen LogP contribution in [0.3, 0.4) is 0 Å². The van der Waals surface area contributed by atoms with Gasteiger partial charge in [0.2, 0.25) is 0 Å². The number of rotatable bonds is 12. The Morgan fingerprint density at radius 3 is 1.77 bits per heavy atom. The maximum atomic E-state index is 12.7. The van der Waals surface area contributed by atoms with Crippen molar-refractivity contribution in [3.8, 4) is 22.5 Å². The van der Waals surface area contributed by atoms with E-state index in [1.807, 2.05) is 76.0 Å². The van der Waals surface area contributed by atoms with Crippen molar-refractivity contribution in [1.82, 2.24) is 29.8 Å². The van der Waals surface area contributed by atoms with Crippen LogP contribution < -0.4 is 0 Å². The third kappa shape index (κ3) is 6.56. The summed E-state index contributed by atoms with van der Waals surface area (Å²) in [5.74, 6) is 0.780. The molecule has 0 aliphatic carbocycles. The Labute approximate surface area is 309 Å². The fourth-order valence-corrected chi connectivity index (χ4v) is 7.33. The van der Waals surface area contributed by atoms with Crippen LogP contribution in [0.25, 0.3) is 22.5 Å². The molecule has 7 aromatic rings. The van der Waals surface area contributed by atoms with Crippen molar-refractivity contribution in [2.24, 2.45) is 0 Å². The summed E-state index contributed by atoms with van der Waals surface area (Å²) in [6, 6.07) is 47.6. The van der Waals surface area contributed by atoms with Crippen molar-refractivity contribution in [1.29, 1.82) is 0 Å². The number of ether oxygens (including phenoxy) is 1. The highest BCUT2D eigenvalue weighted by molar-refractivity contribution is 5.89. The van der Waals surface area contributed by atoms with E-state index in [1.54, 1.807) is 13.8 Å². The Balaban J connectivity index is 1.34. The van der Waals surface area contributed by atoms with E-state index in [2.05, 4.69) is 89.9 Å². The summed E-state index contributed by atoms with van der Waals surface area (Å²) in [7, 11) is 1.33. The highest BCUT2D eigenvalue weighted by Crippen LogP contribution is 2.43. The van der Waals surface area contributed by atoms with Gasteiger partial charge in [0.1, 0.15) is 17.0 Å². The second kappa shape index (κ2) is 14.8. The average molecular weight is 703 g/mol. The number of aryl methyl sites for hydroxylation is 1. The van der Waals surface area contributed by atoms with Crippen molar-refractivity contribution >= 4 is 5.97 Å². The lowest BCUT2D eigenvalue weighted by atomic mass is 9.77. The molecule has 9 nitrogen and oxygen atoms in total. The molecule has 53 heavy (non-hydrogen) atoms. The molecule has 7 rings (SSSR count). The molecule has 1 N–H and O–H groups in total. The van der Waals surface area contributed by atoms with Crippen molar-refractivity contribution < 1.29 is 14.6 Å². The summed E-state index contributed by atoms with van der Waals surface area (Å²) in [6.45, 7) is 5.82. The van der Waals surface area contributed by atoms with Crippen LogP contribution in [0.15, 0.2) is 140 Å². The largest absolute Gasteiger partial charge is 0.464 e. The second-order valence-corrected chi connectivity index (χ2v) is 13.6. The lowest BCUT2D eigenvalue weighted by molar-refractivity contribution is 0.0526. The predicted molar refractivity (Wildman–Crippen MR) is 205 cm³/mol. The number of aliphatic hydroxyl groups is 1. The van der Waals surface area contributed by atoms with Crippen LogP contribution >= 0.6 is 0 Å². The third-order valence-electron chi connectivity index (χ3n) is 9.61. The van der Waals surface area contributed by atoms with Gasteiger partial charge in [-0.2, -0.15) is 0 Å². The maximum Gasteiger partial charge on any atom is 0.358 e. The van der Waals surface area contributed by atoms with Gasteiger partial charge in [-0.25, -0.2) is 14.5 Å². The lowest BCUT2D eigenvalue weighted by Crippen LogP contribution is -2.39. The standard InChI is InChI=1S/C44H42N6O3/c1-5-17-38-45-39(42(51)53-4)40(43(2,3)52)49(38)30-31-26-28-32(29-27-31)36-24-15-16-25-37(36)41-46-47-48-50(41)44(33-18-9-6-10-19-33,34-20-11-7-12-21-34)35-22-13-8-14-23-35/h6-16,18-29,52H,5,17,30H2,1-4H3. The fraction of sp³-hybridized carbons (Fsp3) is 0.205. The molecule has 0 radical (unpaired) electrons. The zero-order chi connectivity index (χ0) is 37.0. The summed E-state index contributed by atoms with van der Waals surface area (Å²) >= 11 is 0. The van der Waals surface area contributed by atoms with E-state index in [1.165, 1.54) is 7.11 Å². The Kier molecular flexibility index (Phi) is 9.84. The van der Waals surface area contributed by atoms with Crippen LogP contribution in [0.1, 0.15) is 71.5 Å². The van der Waals surface area contributed by atoms with Gasteiger partial charge in [-0.3, -0.25) is 0 Å². The molecule has 0 bridgehead atoms. The van der Waals surface area contributed by atoms with Crippen LogP contribution in [0, 0.1) is 0 Å². The normalized spacial score (nSPS) is 11.8. The first-order valence-corrected chi connectivity index (χ1v) is 17.8. The molecule has 2 heterocycles. The molecule has 0 aliphatic rings. The lowest BCUT2D eigenvalue weighted by Gasteiger charge is -2.36. The molecule has 2 aromatic heterocycles. The predicted octanol–water partition coefficient (Wildman–Crippen LogP) is 8.06. The van der Waals surface area contributed by atoms with E-state index in [-0.39, 0.29) is 5.69 Å². The maximum absolute atomic E-state index is 12.7. The number of hydrogen-bond donors (Lipinski definition) is 1. The quantitative estimate of drug-likeness (QED) is 0.101. The number of benzene rings is 5. The van der Waals surface area contributed by atoms with E-state index < -0.39 is 17.1 Å². The zero-order valence-corrected chi connectivity index (χ0v) is 30.3. The first-order valence-electron chi connectivity index (χ1n) is 17.8. The monoisotopic (exact) mass is 702 g/mol. The molecule has 0 saturated heterocycles. The van der Waals surface area contributed by atoms with Crippen molar-refractivity contribution in [3.05, 3.63) is 179 Å². The van der Waals surface area contributed by atoms with Crippen LogP contribution in [-0.4, -0.2) is 47.9 Å². The molecule has 0 fully saturated rings. The van der Waals surface area contributed by atoms with Crippen LogP contribution in [-0.2, 0) is 28.8 Å². The van der Waals surface area contributed by atoms with Gasteiger partial charge in [0, 0.05) is 18.5 Å². The average Bonchev–Trinajstić information content (AvgIpc) is 3.82. The first kappa shape index (κ1) is 35.2. The van der Waals surface area contributed by atoms with Gasteiger partial charge in [-0.05, 0) is 64.1 Å². The highest BCUT2D eigenvalue weighted by atomic mass is 16.5. The van der Waals surface area contributed by atoms with Crippen molar-refractivity contribution in [2.45, 2.75) is 51.3 Å². The molecule has 9 heteroatoms. The minimum absolute atomic E-state index is 0.143. The number of nitrogens with zero attached hydrogens (tertiary/aromatic N) is 6. The number of carbonyl (C=O) groups is 1. The number of esters is 1. The van der Waals surface area contributed by atoms with Gasteiger partial charge >= 0.3 is 5.97 Å². The summed E-state index contributed by atoms with van der Waals surface area (Å²) < 4.78 is 8.94. The summed E-state index contributed by atoms with van der Waals surface area (Å²) in [6.07, 6.45) is 1.48. The first-order chi connectivity index (χ1) is 25.8. The molecule has 0 spiro atoms. The third-order valence-corrected chi connectivity index (χ3v) is 9.61. The van der Waals surface area contributed by atoms with Gasteiger partial charge in [0.05, 0.1) is 12.8 Å². The Hall–Kier alpha value is -6.19. The van der Waals surface area contributed by atoms with Gasteiger partial charge < -0.3 is 14.4 Å². The highest BCUT2D eigenvalue weighted by Gasteiger charge is 2.42. The number of imidazole rings is 1. The zero-order valence-electron chi connectivity index (χ0n) is 30.3. The van der Waals surface area contributed by atoms with E-state index >= 15 is 0 Å². The Morgan fingerprint density at radius 2 is 1.26 bits per heavy atom.